The number of carbonyl (C=O) groups is 2. The van der Waals surface area contributed by atoms with E-state index < -0.39 is 17.8 Å². The Morgan fingerprint density at radius 3 is 2.48 bits per heavy atom. The quantitative estimate of drug-likeness (QED) is 0.814. The number of amides is 1. The lowest BCUT2D eigenvalue weighted by molar-refractivity contribution is -0.152. The van der Waals surface area contributed by atoms with Gasteiger partial charge in [0.25, 0.3) is 0 Å². The monoisotopic (exact) mass is 333 g/mol. The molecule has 1 saturated carbocycles. The molecule has 2 N–H and O–H groups in total. The fourth-order valence-corrected chi connectivity index (χ4v) is 4.04. The lowest BCUT2D eigenvalue weighted by atomic mass is 9.62. The molecule has 23 heavy (non-hydrogen) atoms. The average Bonchev–Trinajstić information content (AvgIpc) is 2.55. The van der Waals surface area contributed by atoms with E-state index in [1.54, 1.807) is 0 Å². The van der Waals surface area contributed by atoms with Gasteiger partial charge in [-0.3, -0.25) is 9.59 Å². The van der Waals surface area contributed by atoms with Crippen molar-refractivity contribution in [3.05, 3.63) is 47.0 Å². The Bertz CT molecular complexity index is 643. The first-order chi connectivity index (χ1) is 11.1. The summed E-state index contributed by atoms with van der Waals surface area (Å²) in [7, 11) is 0. The number of rotatable bonds is 5. The molecule has 0 unspecified atom stereocenters. The molecular weight excluding hydrogens is 314 g/mol. The first-order valence-electron chi connectivity index (χ1n) is 7.99. The molecule has 1 amide bonds. The number of halogens is 1. The summed E-state index contributed by atoms with van der Waals surface area (Å²) >= 11 is 5.94. The van der Waals surface area contributed by atoms with Crippen LogP contribution in [0.2, 0.25) is 5.02 Å². The maximum absolute atomic E-state index is 12.5. The Morgan fingerprint density at radius 2 is 1.87 bits per heavy atom. The number of fused-ring (bicyclic) bond motifs is 2. The summed E-state index contributed by atoms with van der Waals surface area (Å²) in [5, 5.41) is 13.1. The molecule has 1 aromatic carbocycles. The van der Waals surface area contributed by atoms with Crippen molar-refractivity contribution in [3.8, 4) is 0 Å². The van der Waals surface area contributed by atoms with Crippen LogP contribution in [0.3, 0.4) is 0 Å². The predicted octanol–water partition coefficient (Wildman–Crippen LogP) is 2.91. The van der Waals surface area contributed by atoms with Gasteiger partial charge in [0.05, 0.1) is 11.8 Å². The molecule has 122 valence electrons. The molecule has 4 rings (SSSR count). The number of hydrogen-bond donors (Lipinski definition) is 2. The molecule has 0 saturated heterocycles. The van der Waals surface area contributed by atoms with Crippen LogP contribution >= 0.6 is 11.6 Å². The van der Waals surface area contributed by atoms with E-state index in [9.17, 15) is 14.7 Å². The summed E-state index contributed by atoms with van der Waals surface area (Å²) in [6.45, 7) is 0.489. The van der Waals surface area contributed by atoms with Gasteiger partial charge >= 0.3 is 5.97 Å². The molecule has 2 bridgehead atoms. The Morgan fingerprint density at radius 1 is 1.17 bits per heavy atom. The van der Waals surface area contributed by atoms with Crippen LogP contribution in [0.5, 0.6) is 0 Å². The van der Waals surface area contributed by atoms with Gasteiger partial charge in [-0.2, -0.15) is 0 Å². The van der Waals surface area contributed by atoms with Gasteiger partial charge in [-0.05, 0) is 48.8 Å². The molecule has 3 aliphatic rings. The van der Waals surface area contributed by atoms with Crippen LogP contribution in [-0.2, 0) is 16.0 Å². The maximum atomic E-state index is 12.5. The number of allylic oxidation sites excluding steroid dienone is 2. The lowest BCUT2D eigenvalue weighted by Crippen LogP contribution is -2.49. The number of nitrogens with one attached hydrogen (secondary N) is 1. The molecule has 4 atom stereocenters. The maximum Gasteiger partial charge on any atom is 0.307 e. The topological polar surface area (TPSA) is 66.4 Å². The Labute approximate surface area is 140 Å². The zero-order valence-corrected chi connectivity index (χ0v) is 13.5. The van der Waals surface area contributed by atoms with Crippen LogP contribution in [0.15, 0.2) is 36.4 Å². The second kappa shape index (κ2) is 6.75. The highest BCUT2D eigenvalue weighted by Crippen LogP contribution is 2.45. The molecule has 0 aromatic heterocycles. The van der Waals surface area contributed by atoms with Gasteiger partial charge in [0.2, 0.25) is 5.91 Å². The lowest BCUT2D eigenvalue weighted by Gasteiger charge is -2.41. The Kier molecular flexibility index (Phi) is 4.71. The summed E-state index contributed by atoms with van der Waals surface area (Å²) in [4.78, 5) is 24.1. The van der Waals surface area contributed by atoms with E-state index in [0.717, 1.165) is 18.4 Å². The second-order valence-corrected chi connectivity index (χ2v) is 6.79. The van der Waals surface area contributed by atoms with E-state index in [4.69, 9.17) is 11.6 Å². The van der Waals surface area contributed by atoms with Crippen LogP contribution in [0.1, 0.15) is 18.4 Å². The van der Waals surface area contributed by atoms with E-state index in [0.29, 0.717) is 18.0 Å². The molecule has 0 radical (unpaired) electrons. The summed E-state index contributed by atoms with van der Waals surface area (Å²) in [6, 6.07) is 7.53. The van der Waals surface area contributed by atoms with Crippen LogP contribution in [0, 0.1) is 23.7 Å². The van der Waals surface area contributed by atoms with Crippen LogP contribution < -0.4 is 5.32 Å². The number of carboxylic acids is 1. The van der Waals surface area contributed by atoms with E-state index >= 15 is 0 Å². The summed E-state index contributed by atoms with van der Waals surface area (Å²) in [5.74, 6) is -2.01. The molecular formula is C18H20ClNO3. The van der Waals surface area contributed by atoms with Gasteiger partial charge in [-0.15, -0.1) is 0 Å². The highest BCUT2D eigenvalue weighted by Gasteiger charge is 2.47. The van der Waals surface area contributed by atoms with Crippen molar-refractivity contribution in [2.24, 2.45) is 23.7 Å². The smallest absolute Gasteiger partial charge is 0.307 e. The summed E-state index contributed by atoms with van der Waals surface area (Å²) in [6.07, 6.45) is 6.44. The van der Waals surface area contributed by atoms with Gasteiger partial charge in [0.15, 0.2) is 0 Å². The van der Waals surface area contributed by atoms with Crippen molar-refractivity contribution in [3.63, 3.8) is 0 Å². The number of carboxylic acid groups (broad SMARTS) is 1. The molecule has 0 aliphatic heterocycles. The third kappa shape index (κ3) is 3.42. The fraction of sp³-hybridized carbons (Fsp3) is 0.444. The van der Waals surface area contributed by atoms with Crippen molar-refractivity contribution >= 4 is 23.5 Å². The highest BCUT2D eigenvalue weighted by atomic mass is 35.5. The highest BCUT2D eigenvalue weighted by molar-refractivity contribution is 6.30. The average molecular weight is 334 g/mol. The van der Waals surface area contributed by atoms with Crippen molar-refractivity contribution in [2.75, 3.05) is 6.54 Å². The van der Waals surface area contributed by atoms with Gasteiger partial charge in [0, 0.05) is 11.6 Å². The van der Waals surface area contributed by atoms with Gasteiger partial charge in [-0.25, -0.2) is 0 Å². The largest absolute Gasteiger partial charge is 0.481 e. The molecule has 0 heterocycles. The van der Waals surface area contributed by atoms with Gasteiger partial charge < -0.3 is 10.4 Å². The summed E-state index contributed by atoms with van der Waals surface area (Å²) < 4.78 is 0. The molecule has 1 aromatic rings. The van der Waals surface area contributed by atoms with Crippen molar-refractivity contribution < 1.29 is 14.7 Å². The minimum atomic E-state index is -0.862. The van der Waals surface area contributed by atoms with E-state index in [1.165, 1.54) is 0 Å². The zero-order chi connectivity index (χ0) is 16.4. The number of hydrogen-bond acceptors (Lipinski definition) is 2. The van der Waals surface area contributed by atoms with E-state index in [2.05, 4.69) is 5.32 Å². The second-order valence-electron chi connectivity index (χ2n) is 6.35. The van der Waals surface area contributed by atoms with Crippen molar-refractivity contribution in [1.29, 1.82) is 0 Å². The number of carbonyl (C=O) groups excluding carboxylic acids is 1. The van der Waals surface area contributed by atoms with Crippen molar-refractivity contribution in [2.45, 2.75) is 19.3 Å². The predicted molar refractivity (Wildman–Crippen MR) is 88.1 cm³/mol. The van der Waals surface area contributed by atoms with Gasteiger partial charge in [-0.1, -0.05) is 35.9 Å². The Hall–Kier alpha value is -1.81. The third-order valence-corrected chi connectivity index (χ3v) is 5.17. The van der Waals surface area contributed by atoms with Gasteiger partial charge in [0.1, 0.15) is 0 Å². The van der Waals surface area contributed by atoms with E-state index in [-0.39, 0.29) is 17.7 Å². The first-order valence-corrected chi connectivity index (χ1v) is 8.37. The zero-order valence-electron chi connectivity index (χ0n) is 12.7. The van der Waals surface area contributed by atoms with Crippen LogP contribution in [-0.4, -0.2) is 23.5 Å². The molecule has 0 spiro atoms. The fourth-order valence-electron chi connectivity index (χ4n) is 3.83. The van der Waals surface area contributed by atoms with E-state index in [1.807, 2.05) is 36.4 Å². The number of benzene rings is 1. The number of aliphatic carboxylic acids is 1. The third-order valence-electron chi connectivity index (χ3n) is 4.94. The standard InChI is InChI=1S/C18H20ClNO3/c19-14-3-1-2-11(10-14)8-9-20-17(21)15-12-4-6-13(7-5-12)16(15)18(22)23/h1-4,6,10,12-13,15-16H,5,7-9H2,(H,20,21)(H,22,23)/t12-,13-,15+,16+/m1/s1. The molecule has 5 heteroatoms. The summed E-state index contributed by atoms with van der Waals surface area (Å²) in [5.41, 5.74) is 1.05. The Balaban J connectivity index is 1.61. The minimum Gasteiger partial charge on any atom is -0.481 e. The van der Waals surface area contributed by atoms with Crippen LogP contribution in [0.25, 0.3) is 0 Å². The SMILES string of the molecule is O=C(O)[C@@H]1[C@@H](C(=O)NCCc2cccc(Cl)c2)[C@@H]2C=C[C@@H]1CC2. The molecule has 4 nitrogen and oxygen atoms in total. The molecule has 1 fully saturated rings. The normalized spacial score (nSPS) is 28.6. The molecule has 3 aliphatic carbocycles. The first kappa shape index (κ1) is 16.1. The minimum absolute atomic E-state index is 0.0128. The van der Waals surface area contributed by atoms with Crippen LogP contribution in [0.4, 0.5) is 0 Å². The van der Waals surface area contributed by atoms with Crippen molar-refractivity contribution in [1.82, 2.24) is 5.32 Å².